The molecule has 0 heteroatoms. The fraction of sp³-hybridized carbons (Fsp3) is 0.0714. The standard InChI is InChI=1S/C28H18/c1-3-7-19-14-25-21(9-17(19)5-1)11-23-13-24-12-22-10-18-6-2-4-8-20(18)15-26(22)28(24)16-27(23)25/h1-10,13-16H,11-12H2. The van der Waals surface area contributed by atoms with Crippen LogP contribution >= 0.6 is 0 Å². The van der Waals surface area contributed by atoms with Gasteiger partial charge in [-0.15, -0.1) is 0 Å². The lowest BCUT2D eigenvalue weighted by Gasteiger charge is -2.08. The molecule has 2 aliphatic rings. The van der Waals surface area contributed by atoms with Gasteiger partial charge in [0.05, 0.1) is 0 Å². The Morgan fingerprint density at radius 1 is 0.357 bits per heavy atom. The zero-order valence-corrected chi connectivity index (χ0v) is 15.5. The van der Waals surface area contributed by atoms with E-state index in [0.717, 1.165) is 12.8 Å². The van der Waals surface area contributed by atoms with Gasteiger partial charge in [-0.05, 0) is 97.1 Å². The van der Waals surface area contributed by atoms with E-state index < -0.39 is 0 Å². The molecule has 0 saturated heterocycles. The van der Waals surface area contributed by atoms with Crippen LogP contribution in [0.25, 0.3) is 43.8 Å². The first-order valence-electron chi connectivity index (χ1n) is 10.0. The van der Waals surface area contributed by atoms with E-state index >= 15 is 0 Å². The molecule has 0 amide bonds. The maximum absolute atomic E-state index is 2.47. The summed E-state index contributed by atoms with van der Waals surface area (Å²) in [5.74, 6) is 0. The van der Waals surface area contributed by atoms with Crippen molar-refractivity contribution in [1.82, 2.24) is 0 Å². The predicted octanol–water partition coefficient (Wildman–Crippen LogP) is 7.14. The highest BCUT2D eigenvalue weighted by molar-refractivity contribution is 5.96. The summed E-state index contributed by atoms with van der Waals surface area (Å²) in [6.07, 6.45) is 2.11. The maximum Gasteiger partial charge on any atom is -0.00131 e. The third-order valence-corrected chi connectivity index (χ3v) is 6.61. The highest BCUT2D eigenvalue weighted by atomic mass is 14.3. The van der Waals surface area contributed by atoms with Crippen LogP contribution in [-0.4, -0.2) is 0 Å². The molecule has 130 valence electrons. The van der Waals surface area contributed by atoms with Gasteiger partial charge < -0.3 is 0 Å². The quantitative estimate of drug-likeness (QED) is 0.272. The molecule has 5 aromatic rings. The minimum Gasteiger partial charge on any atom is -0.0616 e. The Kier molecular flexibility index (Phi) is 2.67. The van der Waals surface area contributed by atoms with Crippen molar-refractivity contribution in [2.75, 3.05) is 0 Å². The van der Waals surface area contributed by atoms with Crippen LogP contribution in [0.15, 0.2) is 84.9 Å². The molecule has 0 atom stereocenters. The van der Waals surface area contributed by atoms with Crippen LogP contribution in [0.4, 0.5) is 0 Å². The molecule has 0 radical (unpaired) electrons. The van der Waals surface area contributed by atoms with Crippen molar-refractivity contribution < 1.29 is 0 Å². The summed E-state index contributed by atoms with van der Waals surface area (Å²) in [5, 5.41) is 5.36. The Balaban J connectivity index is 1.46. The zero-order valence-electron chi connectivity index (χ0n) is 15.5. The molecule has 0 spiro atoms. The van der Waals surface area contributed by atoms with E-state index in [-0.39, 0.29) is 0 Å². The van der Waals surface area contributed by atoms with Gasteiger partial charge >= 0.3 is 0 Å². The van der Waals surface area contributed by atoms with E-state index in [1.807, 2.05) is 0 Å². The minimum absolute atomic E-state index is 1.06. The van der Waals surface area contributed by atoms with Gasteiger partial charge in [0.15, 0.2) is 0 Å². The highest BCUT2D eigenvalue weighted by Gasteiger charge is 2.25. The summed E-state index contributed by atoms with van der Waals surface area (Å²) in [5.41, 5.74) is 11.6. The van der Waals surface area contributed by atoms with Crippen molar-refractivity contribution >= 4 is 21.5 Å². The molecule has 0 bridgehead atoms. The van der Waals surface area contributed by atoms with Gasteiger partial charge in [0.1, 0.15) is 0 Å². The van der Waals surface area contributed by atoms with Crippen molar-refractivity contribution in [2.45, 2.75) is 12.8 Å². The molecular formula is C28H18. The third kappa shape index (κ3) is 1.90. The highest BCUT2D eigenvalue weighted by Crippen LogP contribution is 2.46. The summed E-state index contributed by atoms with van der Waals surface area (Å²) in [6.45, 7) is 0. The first-order valence-corrected chi connectivity index (χ1v) is 10.0. The smallest absolute Gasteiger partial charge is 0.00131 e. The lowest BCUT2D eigenvalue weighted by atomic mass is 9.96. The van der Waals surface area contributed by atoms with Crippen molar-refractivity contribution in [3.05, 3.63) is 107 Å². The van der Waals surface area contributed by atoms with Gasteiger partial charge in [-0.1, -0.05) is 66.7 Å². The minimum atomic E-state index is 1.06. The maximum atomic E-state index is 2.47. The van der Waals surface area contributed by atoms with Crippen LogP contribution in [0, 0.1) is 0 Å². The van der Waals surface area contributed by atoms with Gasteiger partial charge in [0.2, 0.25) is 0 Å². The first kappa shape index (κ1) is 14.6. The van der Waals surface area contributed by atoms with Gasteiger partial charge in [-0.25, -0.2) is 0 Å². The first-order chi connectivity index (χ1) is 13.8. The van der Waals surface area contributed by atoms with Crippen LogP contribution < -0.4 is 0 Å². The number of hydrogen-bond donors (Lipinski definition) is 0. The van der Waals surface area contributed by atoms with Crippen LogP contribution in [0.1, 0.15) is 22.3 Å². The van der Waals surface area contributed by atoms with Crippen molar-refractivity contribution in [2.24, 2.45) is 0 Å². The Labute approximate surface area is 164 Å². The number of fused-ring (bicyclic) bond motifs is 8. The predicted molar refractivity (Wildman–Crippen MR) is 118 cm³/mol. The normalized spacial score (nSPS) is 13.4. The van der Waals surface area contributed by atoms with Gasteiger partial charge in [0.25, 0.3) is 0 Å². The molecule has 0 fully saturated rings. The van der Waals surface area contributed by atoms with Crippen molar-refractivity contribution in [1.29, 1.82) is 0 Å². The third-order valence-electron chi connectivity index (χ3n) is 6.61. The topological polar surface area (TPSA) is 0 Å². The average molecular weight is 354 g/mol. The summed E-state index contributed by atoms with van der Waals surface area (Å²) in [6, 6.07) is 31.9. The summed E-state index contributed by atoms with van der Waals surface area (Å²) >= 11 is 0. The molecule has 7 rings (SSSR count). The second kappa shape index (κ2) is 5.11. The Hall–Kier alpha value is -3.38. The van der Waals surface area contributed by atoms with Crippen LogP contribution in [-0.2, 0) is 12.8 Å². The molecule has 0 nitrogen and oxygen atoms in total. The molecule has 0 unspecified atom stereocenters. The molecule has 0 aliphatic heterocycles. The number of benzene rings is 5. The van der Waals surface area contributed by atoms with E-state index in [2.05, 4.69) is 84.9 Å². The molecule has 0 heterocycles. The van der Waals surface area contributed by atoms with E-state index in [9.17, 15) is 0 Å². The zero-order chi connectivity index (χ0) is 18.2. The second-order valence-electron chi connectivity index (χ2n) is 8.23. The average Bonchev–Trinajstić information content (AvgIpc) is 3.25. The molecule has 28 heavy (non-hydrogen) atoms. The Morgan fingerprint density at radius 2 is 0.714 bits per heavy atom. The van der Waals surface area contributed by atoms with Crippen molar-refractivity contribution in [3.8, 4) is 22.3 Å². The SMILES string of the molecule is c1ccc2cc3c(cc2c1)Cc1cc2c(cc1-3)-c1cc3ccccc3cc1C2. The van der Waals surface area contributed by atoms with Crippen molar-refractivity contribution in [3.63, 3.8) is 0 Å². The van der Waals surface area contributed by atoms with Gasteiger partial charge in [-0.3, -0.25) is 0 Å². The summed E-state index contributed by atoms with van der Waals surface area (Å²) < 4.78 is 0. The summed E-state index contributed by atoms with van der Waals surface area (Å²) in [7, 11) is 0. The van der Waals surface area contributed by atoms with E-state index in [4.69, 9.17) is 0 Å². The molecule has 5 aromatic carbocycles. The van der Waals surface area contributed by atoms with Crippen LogP contribution in [0.5, 0.6) is 0 Å². The Bertz CT molecular complexity index is 1340. The fourth-order valence-corrected chi connectivity index (χ4v) is 5.27. The van der Waals surface area contributed by atoms with Gasteiger partial charge in [-0.2, -0.15) is 0 Å². The van der Waals surface area contributed by atoms with E-state index in [0.29, 0.717) is 0 Å². The fourth-order valence-electron chi connectivity index (χ4n) is 5.27. The molecule has 0 N–H and O–H groups in total. The lowest BCUT2D eigenvalue weighted by molar-refractivity contribution is 1.22. The second-order valence-corrected chi connectivity index (χ2v) is 8.23. The van der Waals surface area contributed by atoms with Gasteiger partial charge in [0, 0.05) is 0 Å². The molecular weight excluding hydrogens is 336 g/mol. The number of hydrogen-bond acceptors (Lipinski definition) is 0. The molecule has 0 aromatic heterocycles. The largest absolute Gasteiger partial charge is 0.0616 e. The van der Waals surface area contributed by atoms with E-state index in [1.165, 1.54) is 66.1 Å². The van der Waals surface area contributed by atoms with Crippen LogP contribution in [0.2, 0.25) is 0 Å². The lowest BCUT2D eigenvalue weighted by Crippen LogP contribution is -1.86. The van der Waals surface area contributed by atoms with E-state index in [1.54, 1.807) is 0 Å². The molecule has 0 saturated carbocycles. The Morgan fingerprint density at radius 3 is 1.18 bits per heavy atom. The monoisotopic (exact) mass is 354 g/mol. The summed E-state index contributed by atoms with van der Waals surface area (Å²) in [4.78, 5) is 0. The number of rotatable bonds is 0. The van der Waals surface area contributed by atoms with Crippen LogP contribution in [0.3, 0.4) is 0 Å². The molecule has 2 aliphatic carbocycles.